The van der Waals surface area contributed by atoms with Crippen LogP contribution in [0.1, 0.15) is 0 Å². The second-order valence-corrected chi connectivity index (χ2v) is 2.36. The molecule has 0 radical (unpaired) electrons. The van der Waals surface area contributed by atoms with Gasteiger partial charge in [0.25, 0.3) is 0 Å². The molecule has 2 rings (SSSR count). The van der Waals surface area contributed by atoms with Crippen LogP contribution in [0, 0.1) is 5.21 Å². The molecule has 0 bridgehead atoms. The Balaban J connectivity index is 2.50. The van der Waals surface area contributed by atoms with Crippen LogP contribution in [0.25, 0.3) is 0 Å². The number of allylic oxidation sites excluding steroid dienone is 4. The zero-order valence-electron chi connectivity index (χ0n) is 5.65. The monoisotopic (exact) mass is 147 g/mol. The molecule has 0 amide bonds. The molecule has 0 spiro atoms. The highest BCUT2D eigenvalue weighted by Gasteiger charge is 2.20. The summed E-state index contributed by atoms with van der Waals surface area (Å²) in [6.07, 6.45) is 7.50. The minimum atomic E-state index is -0.131. The molecule has 1 aliphatic heterocycles. The van der Waals surface area contributed by atoms with Crippen molar-refractivity contribution in [3.05, 3.63) is 40.8 Å². The molecular formula is C8H5NO2. The number of rotatable bonds is 0. The van der Waals surface area contributed by atoms with Crippen LogP contribution in [0.5, 0.6) is 0 Å². The molecule has 0 fully saturated rings. The van der Waals surface area contributed by atoms with E-state index in [4.69, 9.17) is 0 Å². The first-order chi connectivity index (χ1) is 5.27. The molecule has 1 aliphatic carbocycles. The van der Waals surface area contributed by atoms with Crippen LogP contribution >= 0.6 is 0 Å². The van der Waals surface area contributed by atoms with Gasteiger partial charge in [-0.3, -0.25) is 4.79 Å². The SMILES string of the molecule is O=C1C=CC2=CC=[N+]([O-])C2=C1. The summed E-state index contributed by atoms with van der Waals surface area (Å²) in [5.41, 5.74) is 1.25. The molecule has 0 saturated carbocycles. The molecular weight excluding hydrogens is 142 g/mol. The molecule has 0 aromatic rings. The van der Waals surface area contributed by atoms with E-state index in [9.17, 15) is 10.0 Å². The van der Waals surface area contributed by atoms with Crippen molar-refractivity contribution in [3.63, 3.8) is 0 Å². The second kappa shape index (κ2) is 1.92. The first kappa shape index (κ1) is 6.09. The maximum absolute atomic E-state index is 10.9. The fourth-order valence-corrected chi connectivity index (χ4v) is 1.08. The lowest BCUT2D eigenvalue weighted by atomic mass is 10.1. The summed E-state index contributed by atoms with van der Waals surface area (Å²) < 4.78 is 0.691. The van der Waals surface area contributed by atoms with Gasteiger partial charge in [0.2, 0.25) is 5.70 Å². The lowest BCUT2D eigenvalue weighted by Gasteiger charge is -2.03. The molecule has 0 atom stereocenters. The third-order valence-corrected chi connectivity index (χ3v) is 1.63. The van der Waals surface area contributed by atoms with Crippen molar-refractivity contribution in [2.45, 2.75) is 0 Å². The van der Waals surface area contributed by atoms with Crippen molar-refractivity contribution in [2.75, 3.05) is 0 Å². The van der Waals surface area contributed by atoms with Crippen molar-refractivity contribution in [1.29, 1.82) is 0 Å². The minimum Gasteiger partial charge on any atom is -0.618 e. The Bertz CT molecular complexity index is 345. The fraction of sp³-hybridized carbons (Fsp3) is 0. The van der Waals surface area contributed by atoms with Gasteiger partial charge in [0.1, 0.15) is 0 Å². The van der Waals surface area contributed by atoms with Crippen molar-refractivity contribution >= 4 is 12.0 Å². The first-order valence-corrected chi connectivity index (χ1v) is 3.23. The molecule has 1 heterocycles. The molecule has 54 valence electrons. The predicted molar refractivity (Wildman–Crippen MR) is 40.0 cm³/mol. The van der Waals surface area contributed by atoms with Crippen LogP contribution in [0.2, 0.25) is 0 Å². The quantitative estimate of drug-likeness (QED) is 0.370. The molecule has 0 N–H and O–H groups in total. The zero-order valence-corrected chi connectivity index (χ0v) is 5.65. The summed E-state index contributed by atoms with van der Waals surface area (Å²) in [5, 5.41) is 10.9. The van der Waals surface area contributed by atoms with E-state index in [1.807, 2.05) is 0 Å². The number of carbonyl (C=O) groups is 1. The van der Waals surface area contributed by atoms with E-state index in [0.29, 0.717) is 10.4 Å². The van der Waals surface area contributed by atoms with Crippen molar-refractivity contribution < 1.29 is 9.53 Å². The minimum absolute atomic E-state index is 0.131. The van der Waals surface area contributed by atoms with Crippen LogP contribution in [0.15, 0.2) is 35.6 Å². The number of hydrogen-bond acceptors (Lipinski definition) is 2. The molecule has 0 unspecified atom stereocenters. The van der Waals surface area contributed by atoms with Gasteiger partial charge in [-0.2, -0.15) is 4.74 Å². The molecule has 2 aliphatic rings. The summed E-state index contributed by atoms with van der Waals surface area (Å²) in [5.74, 6) is -0.131. The summed E-state index contributed by atoms with van der Waals surface area (Å²) in [6.45, 7) is 0. The average Bonchev–Trinajstić information content (AvgIpc) is 2.33. The standard InChI is InChI=1S/C8H5NO2/c10-7-2-1-6-3-4-9(11)8(6)5-7/h1-5H. The van der Waals surface area contributed by atoms with E-state index in [1.165, 1.54) is 18.4 Å². The highest BCUT2D eigenvalue weighted by atomic mass is 16.5. The van der Waals surface area contributed by atoms with Gasteiger partial charge in [-0.15, -0.1) is 0 Å². The zero-order chi connectivity index (χ0) is 7.84. The topological polar surface area (TPSA) is 43.1 Å². The maximum Gasteiger partial charge on any atom is 0.227 e. The highest BCUT2D eigenvalue weighted by molar-refractivity contribution is 6.02. The predicted octanol–water partition coefficient (Wildman–Crippen LogP) is 0.530. The maximum atomic E-state index is 10.9. The van der Waals surface area contributed by atoms with E-state index >= 15 is 0 Å². The summed E-state index contributed by atoms with van der Waals surface area (Å²) >= 11 is 0. The van der Waals surface area contributed by atoms with Crippen LogP contribution in [-0.4, -0.2) is 16.7 Å². The average molecular weight is 147 g/mol. The number of nitrogens with zero attached hydrogens (tertiary/aromatic N) is 1. The third kappa shape index (κ3) is 0.816. The van der Waals surface area contributed by atoms with Crippen LogP contribution < -0.4 is 0 Å². The van der Waals surface area contributed by atoms with Gasteiger partial charge in [-0.1, -0.05) is 0 Å². The lowest BCUT2D eigenvalue weighted by molar-refractivity contribution is -0.387. The van der Waals surface area contributed by atoms with E-state index in [1.54, 1.807) is 12.2 Å². The third-order valence-electron chi connectivity index (χ3n) is 1.63. The van der Waals surface area contributed by atoms with Gasteiger partial charge in [-0.25, -0.2) is 0 Å². The molecule has 0 aromatic carbocycles. The van der Waals surface area contributed by atoms with Gasteiger partial charge >= 0.3 is 0 Å². The largest absolute Gasteiger partial charge is 0.618 e. The Kier molecular flexibility index (Phi) is 1.06. The lowest BCUT2D eigenvalue weighted by Crippen LogP contribution is -2.05. The van der Waals surface area contributed by atoms with Gasteiger partial charge in [-0.05, 0) is 12.2 Å². The van der Waals surface area contributed by atoms with Crippen molar-refractivity contribution in [3.8, 4) is 0 Å². The van der Waals surface area contributed by atoms with Crippen LogP contribution in [0.3, 0.4) is 0 Å². The van der Waals surface area contributed by atoms with Gasteiger partial charge < -0.3 is 5.21 Å². The number of ketones is 1. The Labute approximate surface area is 63.2 Å². The Morgan fingerprint density at radius 2 is 2.18 bits per heavy atom. The van der Waals surface area contributed by atoms with Gasteiger partial charge in [0.15, 0.2) is 12.0 Å². The smallest absolute Gasteiger partial charge is 0.227 e. The molecule has 11 heavy (non-hydrogen) atoms. The number of hydrogen-bond donors (Lipinski definition) is 0. The Morgan fingerprint density at radius 1 is 1.36 bits per heavy atom. The molecule has 3 heteroatoms. The summed E-state index contributed by atoms with van der Waals surface area (Å²) in [6, 6.07) is 0. The number of fused-ring (bicyclic) bond motifs is 1. The van der Waals surface area contributed by atoms with E-state index < -0.39 is 0 Å². The second-order valence-electron chi connectivity index (χ2n) is 2.36. The van der Waals surface area contributed by atoms with Crippen LogP contribution in [0.4, 0.5) is 0 Å². The van der Waals surface area contributed by atoms with Crippen molar-refractivity contribution in [1.82, 2.24) is 0 Å². The summed E-state index contributed by atoms with van der Waals surface area (Å²) in [7, 11) is 0. The first-order valence-electron chi connectivity index (χ1n) is 3.23. The van der Waals surface area contributed by atoms with Crippen molar-refractivity contribution in [2.24, 2.45) is 0 Å². The summed E-state index contributed by atoms with van der Waals surface area (Å²) in [4.78, 5) is 10.8. The normalized spacial score (nSPS) is 20.7. The van der Waals surface area contributed by atoms with Gasteiger partial charge in [0, 0.05) is 6.08 Å². The van der Waals surface area contributed by atoms with E-state index in [2.05, 4.69) is 0 Å². The van der Waals surface area contributed by atoms with Crippen LogP contribution in [-0.2, 0) is 4.79 Å². The Morgan fingerprint density at radius 3 is 3.00 bits per heavy atom. The fourth-order valence-electron chi connectivity index (χ4n) is 1.08. The highest BCUT2D eigenvalue weighted by Crippen LogP contribution is 2.19. The molecule has 0 saturated heterocycles. The number of hydroxylamine groups is 1. The van der Waals surface area contributed by atoms with E-state index in [0.717, 1.165) is 5.57 Å². The van der Waals surface area contributed by atoms with E-state index in [-0.39, 0.29) is 5.78 Å². The molecule has 0 aromatic heterocycles. The Hall–Kier alpha value is -1.64. The van der Waals surface area contributed by atoms with Gasteiger partial charge in [0.05, 0.1) is 11.6 Å². The molecule has 3 nitrogen and oxygen atoms in total. The number of carbonyl (C=O) groups excluding carboxylic acids is 1.